The van der Waals surface area contributed by atoms with Gasteiger partial charge >= 0.3 is 0 Å². The molecule has 2 N–H and O–H groups in total. The van der Waals surface area contributed by atoms with E-state index in [1.54, 1.807) is 36.5 Å². The molecule has 9 nitrogen and oxygen atoms in total. The second-order valence-electron chi connectivity index (χ2n) is 11.5. The number of carbonyl (C=O) groups is 1. The lowest BCUT2D eigenvalue weighted by molar-refractivity contribution is -0.131. The fourth-order valence-corrected chi connectivity index (χ4v) is 6.34. The number of nitrogens with one attached hydrogen (secondary N) is 1. The molecule has 1 aliphatic rings. The van der Waals surface area contributed by atoms with Crippen LogP contribution in [0.2, 0.25) is 0 Å². The standard InChI is InChI=1S/C28H43N5O4S/c1-22(2)17-33(38(36,37)25-11-7-6-8-12-25)20-24(34)19-32-15-14-31(18-23-10-9-13-29-16-23)21-26(32)27(35)30-28(3,4)5/h6-13,16,22,24,26,34H,14-15,17-21H2,1-5H3,(H,30,35). The predicted molar refractivity (Wildman–Crippen MR) is 149 cm³/mol. The molecule has 1 amide bonds. The molecule has 210 valence electrons. The molecule has 2 aromatic rings. The third kappa shape index (κ3) is 8.84. The van der Waals surface area contributed by atoms with Gasteiger partial charge in [0.1, 0.15) is 6.04 Å². The molecule has 1 saturated heterocycles. The smallest absolute Gasteiger partial charge is 0.243 e. The third-order valence-corrected chi connectivity index (χ3v) is 8.16. The summed E-state index contributed by atoms with van der Waals surface area (Å²) >= 11 is 0. The van der Waals surface area contributed by atoms with Crippen molar-refractivity contribution in [3.63, 3.8) is 0 Å². The lowest BCUT2D eigenvalue weighted by Crippen LogP contribution is -2.62. The van der Waals surface area contributed by atoms with Gasteiger partial charge in [0.25, 0.3) is 0 Å². The molecule has 1 aromatic carbocycles. The van der Waals surface area contributed by atoms with E-state index in [0.29, 0.717) is 26.2 Å². The number of aliphatic hydroxyl groups excluding tert-OH is 1. The van der Waals surface area contributed by atoms with Crippen LogP contribution in [0.5, 0.6) is 0 Å². The number of β-amino-alcohol motifs (C(OH)–C–C–N with tert-alkyl or cyclic N) is 1. The number of pyridine rings is 1. The Morgan fingerprint density at radius 2 is 1.84 bits per heavy atom. The van der Waals surface area contributed by atoms with Crippen LogP contribution in [-0.4, -0.2) is 95.5 Å². The van der Waals surface area contributed by atoms with Crippen molar-refractivity contribution >= 4 is 15.9 Å². The maximum absolute atomic E-state index is 13.4. The summed E-state index contributed by atoms with van der Waals surface area (Å²) in [4.78, 5) is 21.9. The van der Waals surface area contributed by atoms with Gasteiger partial charge in [-0.05, 0) is 50.5 Å². The van der Waals surface area contributed by atoms with E-state index in [-0.39, 0.29) is 29.8 Å². The fraction of sp³-hybridized carbons (Fsp3) is 0.571. The molecule has 0 saturated carbocycles. The number of hydrogen-bond donors (Lipinski definition) is 2. The highest BCUT2D eigenvalue weighted by Gasteiger charge is 2.36. The van der Waals surface area contributed by atoms with Crippen molar-refractivity contribution in [2.75, 3.05) is 39.3 Å². The van der Waals surface area contributed by atoms with Crippen LogP contribution in [0, 0.1) is 5.92 Å². The van der Waals surface area contributed by atoms with E-state index in [4.69, 9.17) is 0 Å². The van der Waals surface area contributed by atoms with Gasteiger partial charge < -0.3 is 10.4 Å². The number of carbonyl (C=O) groups excluding carboxylic acids is 1. The topological polar surface area (TPSA) is 106 Å². The first-order valence-electron chi connectivity index (χ1n) is 13.3. The summed E-state index contributed by atoms with van der Waals surface area (Å²) in [5.74, 6) is -0.0152. The molecule has 2 heterocycles. The van der Waals surface area contributed by atoms with Gasteiger partial charge in [-0.15, -0.1) is 0 Å². The van der Waals surface area contributed by atoms with Crippen molar-refractivity contribution in [3.8, 4) is 0 Å². The third-order valence-electron chi connectivity index (χ3n) is 6.31. The van der Waals surface area contributed by atoms with Crippen LogP contribution >= 0.6 is 0 Å². The highest BCUT2D eigenvalue weighted by molar-refractivity contribution is 7.89. The van der Waals surface area contributed by atoms with Gasteiger partial charge in [0.05, 0.1) is 11.0 Å². The summed E-state index contributed by atoms with van der Waals surface area (Å²) in [7, 11) is -3.77. The van der Waals surface area contributed by atoms with Crippen molar-refractivity contribution in [1.82, 2.24) is 24.4 Å². The predicted octanol–water partition coefficient (Wildman–Crippen LogP) is 2.19. The number of aliphatic hydroxyl groups is 1. The van der Waals surface area contributed by atoms with Crippen LogP contribution in [0.25, 0.3) is 0 Å². The van der Waals surface area contributed by atoms with Gasteiger partial charge in [0, 0.05) is 63.7 Å². The van der Waals surface area contributed by atoms with E-state index in [0.717, 1.165) is 12.1 Å². The molecule has 0 spiro atoms. The average Bonchev–Trinajstić information content (AvgIpc) is 2.84. The monoisotopic (exact) mass is 545 g/mol. The zero-order valence-electron chi connectivity index (χ0n) is 23.2. The molecule has 2 atom stereocenters. The summed E-state index contributed by atoms with van der Waals surface area (Å²) in [6.45, 7) is 12.7. The van der Waals surface area contributed by atoms with E-state index in [9.17, 15) is 18.3 Å². The van der Waals surface area contributed by atoms with Gasteiger partial charge in [-0.2, -0.15) is 4.31 Å². The van der Waals surface area contributed by atoms with Crippen LogP contribution < -0.4 is 5.32 Å². The highest BCUT2D eigenvalue weighted by Crippen LogP contribution is 2.19. The van der Waals surface area contributed by atoms with Gasteiger partial charge in [-0.25, -0.2) is 8.42 Å². The fourth-order valence-electron chi connectivity index (χ4n) is 4.67. The minimum Gasteiger partial charge on any atom is -0.390 e. The van der Waals surface area contributed by atoms with Gasteiger partial charge in [0.15, 0.2) is 0 Å². The van der Waals surface area contributed by atoms with Crippen LogP contribution in [0.4, 0.5) is 0 Å². The second-order valence-corrected chi connectivity index (χ2v) is 13.5. The number of nitrogens with zero attached hydrogens (tertiary/aromatic N) is 4. The lowest BCUT2D eigenvalue weighted by atomic mass is 10.1. The first-order chi connectivity index (χ1) is 17.8. The molecule has 0 aliphatic carbocycles. The Hall–Kier alpha value is -2.37. The first kappa shape index (κ1) is 30.2. The van der Waals surface area contributed by atoms with Gasteiger partial charge in [-0.3, -0.25) is 19.6 Å². The van der Waals surface area contributed by atoms with Crippen LogP contribution in [0.15, 0.2) is 59.8 Å². The molecule has 1 aliphatic heterocycles. The minimum absolute atomic E-state index is 0.0427. The SMILES string of the molecule is CC(C)CN(CC(O)CN1CCN(Cc2cccnc2)CC1C(=O)NC(C)(C)C)S(=O)(=O)c1ccccc1. The van der Waals surface area contributed by atoms with Gasteiger partial charge in [-0.1, -0.05) is 38.1 Å². The Kier molecular flexibility index (Phi) is 10.4. The Morgan fingerprint density at radius 1 is 1.13 bits per heavy atom. The Labute approximate surface area is 227 Å². The molecule has 3 rings (SSSR count). The van der Waals surface area contributed by atoms with Crippen LogP contribution in [-0.2, 0) is 21.4 Å². The second kappa shape index (κ2) is 13.1. The molecule has 38 heavy (non-hydrogen) atoms. The quantitative estimate of drug-likeness (QED) is 0.446. The lowest BCUT2D eigenvalue weighted by Gasteiger charge is -2.42. The first-order valence-corrected chi connectivity index (χ1v) is 14.7. The summed E-state index contributed by atoms with van der Waals surface area (Å²) < 4.78 is 28.1. The van der Waals surface area contributed by atoms with E-state index < -0.39 is 27.7 Å². The zero-order valence-corrected chi connectivity index (χ0v) is 24.1. The van der Waals surface area contributed by atoms with Crippen molar-refractivity contribution in [1.29, 1.82) is 0 Å². The van der Waals surface area contributed by atoms with E-state index in [1.165, 1.54) is 4.31 Å². The van der Waals surface area contributed by atoms with E-state index >= 15 is 0 Å². The van der Waals surface area contributed by atoms with Crippen LogP contribution in [0.3, 0.4) is 0 Å². The number of piperazine rings is 1. The molecule has 0 bridgehead atoms. The van der Waals surface area contributed by atoms with Gasteiger partial charge in [0.2, 0.25) is 15.9 Å². The number of aromatic nitrogens is 1. The molecule has 1 aromatic heterocycles. The Morgan fingerprint density at radius 3 is 2.45 bits per heavy atom. The number of amides is 1. The van der Waals surface area contributed by atoms with E-state index in [1.807, 2.05) is 57.8 Å². The normalized spacial score (nSPS) is 18.6. The minimum atomic E-state index is -3.77. The largest absolute Gasteiger partial charge is 0.390 e. The van der Waals surface area contributed by atoms with E-state index in [2.05, 4.69) is 15.2 Å². The Bertz CT molecular complexity index is 1120. The Balaban J connectivity index is 1.74. The maximum atomic E-state index is 13.4. The molecule has 0 radical (unpaired) electrons. The summed E-state index contributed by atoms with van der Waals surface area (Å²) in [6.07, 6.45) is 2.61. The number of benzene rings is 1. The molecule has 1 fully saturated rings. The highest BCUT2D eigenvalue weighted by atomic mass is 32.2. The molecular formula is C28H43N5O4S. The van der Waals surface area contributed by atoms with Crippen molar-refractivity contribution in [3.05, 3.63) is 60.4 Å². The number of rotatable bonds is 11. The van der Waals surface area contributed by atoms with Crippen molar-refractivity contribution in [2.24, 2.45) is 5.92 Å². The number of hydrogen-bond acceptors (Lipinski definition) is 7. The zero-order chi connectivity index (χ0) is 27.9. The van der Waals surface area contributed by atoms with Crippen LogP contribution in [0.1, 0.15) is 40.2 Å². The maximum Gasteiger partial charge on any atom is 0.243 e. The summed E-state index contributed by atoms with van der Waals surface area (Å²) in [5, 5.41) is 14.2. The summed E-state index contributed by atoms with van der Waals surface area (Å²) in [5.41, 5.74) is 0.677. The van der Waals surface area contributed by atoms with Crippen molar-refractivity contribution < 1.29 is 18.3 Å². The molecule has 2 unspecified atom stereocenters. The summed E-state index contributed by atoms with van der Waals surface area (Å²) in [6, 6.07) is 11.8. The number of sulfonamides is 1. The average molecular weight is 546 g/mol. The molecule has 10 heteroatoms. The van der Waals surface area contributed by atoms with Crippen molar-refractivity contribution in [2.45, 2.75) is 63.7 Å². The molecular weight excluding hydrogens is 502 g/mol.